The van der Waals surface area contributed by atoms with Crippen LogP contribution in [0.3, 0.4) is 0 Å². The molecular weight excluding hydrogens is 261 g/mol. The van der Waals surface area contributed by atoms with Crippen molar-refractivity contribution in [2.45, 2.75) is 44.2 Å². The molecule has 2 aromatic rings. The van der Waals surface area contributed by atoms with Crippen LogP contribution < -0.4 is 5.32 Å². The molecule has 0 spiro atoms. The molecule has 1 aliphatic rings. The Balaban J connectivity index is 1.85. The van der Waals surface area contributed by atoms with Crippen LogP contribution in [0.2, 0.25) is 0 Å². The van der Waals surface area contributed by atoms with Gasteiger partial charge in [0.05, 0.1) is 6.04 Å². The predicted molar refractivity (Wildman–Crippen MR) is 84.7 cm³/mol. The number of rotatable bonds is 4. The molecule has 0 radical (unpaired) electrons. The van der Waals surface area contributed by atoms with Crippen molar-refractivity contribution in [3.8, 4) is 0 Å². The number of nitrogens with one attached hydrogen (secondary N) is 1. The molecule has 0 amide bonds. The predicted octanol–water partition coefficient (Wildman–Crippen LogP) is 4.84. The van der Waals surface area contributed by atoms with Crippen LogP contribution in [0, 0.1) is 5.82 Å². The summed E-state index contributed by atoms with van der Waals surface area (Å²) in [4.78, 5) is 0. The summed E-state index contributed by atoms with van der Waals surface area (Å²) in [6.07, 6.45) is 6.45. The normalized spacial score (nSPS) is 17.6. The van der Waals surface area contributed by atoms with Crippen LogP contribution in [0.5, 0.6) is 0 Å². The van der Waals surface area contributed by atoms with E-state index < -0.39 is 0 Å². The maximum Gasteiger partial charge on any atom is 0.123 e. The standard InChI is InChI=1S/C19H22FN/c20-17-13-11-16(12-14-17)19(15-7-3-1-4-8-15)21-18-9-5-2-6-10-18/h1,3-4,7-8,11-14,18-19,21H,2,5-6,9-10H2. The van der Waals surface area contributed by atoms with E-state index in [1.165, 1.54) is 37.7 Å². The first-order valence-electron chi connectivity index (χ1n) is 7.89. The molecule has 1 N–H and O–H groups in total. The van der Waals surface area contributed by atoms with E-state index in [0.29, 0.717) is 6.04 Å². The Morgan fingerprint density at radius 2 is 1.43 bits per heavy atom. The summed E-state index contributed by atoms with van der Waals surface area (Å²) in [6.45, 7) is 0. The van der Waals surface area contributed by atoms with Gasteiger partial charge in [0.2, 0.25) is 0 Å². The minimum absolute atomic E-state index is 0.148. The summed E-state index contributed by atoms with van der Waals surface area (Å²) in [6, 6.07) is 18.0. The van der Waals surface area contributed by atoms with Gasteiger partial charge >= 0.3 is 0 Å². The van der Waals surface area contributed by atoms with Crippen molar-refractivity contribution in [2.75, 3.05) is 0 Å². The van der Waals surface area contributed by atoms with Crippen molar-refractivity contribution in [3.05, 3.63) is 71.5 Å². The second kappa shape index (κ2) is 6.86. The van der Waals surface area contributed by atoms with E-state index in [4.69, 9.17) is 0 Å². The van der Waals surface area contributed by atoms with Crippen molar-refractivity contribution in [1.82, 2.24) is 5.32 Å². The molecular formula is C19H22FN. The highest BCUT2D eigenvalue weighted by Crippen LogP contribution is 2.26. The molecule has 1 nitrogen and oxygen atoms in total. The van der Waals surface area contributed by atoms with Crippen LogP contribution in [0.4, 0.5) is 4.39 Å². The highest BCUT2D eigenvalue weighted by molar-refractivity contribution is 5.32. The number of hydrogen-bond donors (Lipinski definition) is 1. The second-order valence-corrected chi connectivity index (χ2v) is 5.90. The molecule has 1 unspecified atom stereocenters. The topological polar surface area (TPSA) is 12.0 Å². The molecule has 2 aromatic carbocycles. The van der Waals surface area contributed by atoms with E-state index in [-0.39, 0.29) is 11.9 Å². The highest BCUT2D eigenvalue weighted by atomic mass is 19.1. The van der Waals surface area contributed by atoms with Gasteiger partial charge in [-0.2, -0.15) is 0 Å². The Bertz CT molecular complexity index is 544. The van der Waals surface area contributed by atoms with Crippen molar-refractivity contribution in [1.29, 1.82) is 0 Å². The van der Waals surface area contributed by atoms with Crippen molar-refractivity contribution in [3.63, 3.8) is 0 Å². The molecule has 0 aliphatic heterocycles. The second-order valence-electron chi connectivity index (χ2n) is 5.90. The Morgan fingerprint density at radius 3 is 2.10 bits per heavy atom. The highest BCUT2D eigenvalue weighted by Gasteiger charge is 2.20. The third kappa shape index (κ3) is 3.70. The Morgan fingerprint density at radius 1 is 0.810 bits per heavy atom. The largest absolute Gasteiger partial charge is 0.303 e. The lowest BCUT2D eigenvalue weighted by Crippen LogP contribution is -2.35. The van der Waals surface area contributed by atoms with Crippen LogP contribution in [-0.2, 0) is 0 Å². The average molecular weight is 283 g/mol. The van der Waals surface area contributed by atoms with Gasteiger partial charge in [-0.3, -0.25) is 0 Å². The third-order valence-electron chi connectivity index (χ3n) is 4.34. The molecule has 1 aliphatic carbocycles. The smallest absolute Gasteiger partial charge is 0.123 e. The summed E-state index contributed by atoms with van der Waals surface area (Å²) < 4.78 is 13.2. The molecule has 3 rings (SSSR count). The molecule has 0 saturated heterocycles. The fraction of sp³-hybridized carbons (Fsp3) is 0.368. The van der Waals surface area contributed by atoms with Gasteiger partial charge in [-0.15, -0.1) is 0 Å². The fourth-order valence-electron chi connectivity index (χ4n) is 3.19. The Labute approximate surface area is 126 Å². The monoisotopic (exact) mass is 283 g/mol. The Hall–Kier alpha value is -1.67. The van der Waals surface area contributed by atoms with Gasteiger partial charge in [-0.25, -0.2) is 4.39 Å². The van der Waals surface area contributed by atoms with Gasteiger partial charge in [0.1, 0.15) is 5.82 Å². The molecule has 0 bridgehead atoms. The summed E-state index contributed by atoms with van der Waals surface area (Å²) in [5.41, 5.74) is 2.38. The van der Waals surface area contributed by atoms with Crippen LogP contribution in [-0.4, -0.2) is 6.04 Å². The molecule has 2 heteroatoms. The van der Waals surface area contributed by atoms with Crippen LogP contribution in [0.15, 0.2) is 54.6 Å². The molecule has 1 saturated carbocycles. The minimum Gasteiger partial charge on any atom is -0.303 e. The van der Waals surface area contributed by atoms with Crippen molar-refractivity contribution >= 4 is 0 Å². The van der Waals surface area contributed by atoms with E-state index in [9.17, 15) is 4.39 Å². The summed E-state index contributed by atoms with van der Waals surface area (Å²) in [7, 11) is 0. The van der Waals surface area contributed by atoms with Crippen molar-refractivity contribution < 1.29 is 4.39 Å². The molecule has 110 valence electrons. The SMILES string of the molecule is Fc1ccc(C(NC2CCCCC2)c2ccccc2)cc1. The zero-order valence-electron chi connectivity index (χ0n) is 12.3. The zero-order valence-corrected chi connectivity index (χ0v) is 12.3. The summed E-state index contributed by atoms with van der Waals surface area (Å²) in [5, 5.41) is 3.79. The average Bonchev–Trinajstić information content (AvgIpc) is 2.55. The quantitative estimate of drug-likeness (QED) is 0.846. The lowest BCUT2D eigenvalue weighted by atomic mass is 9.92. The Kier molecular flexibility index (Phi) is 4.66. The lowest BCUT2D eigenvalue weighted by molar-refractivity contribution is 0.354. The van der Waals surface area contributed by atoms with Gasteiger partial charge in [0, 0.05) is 6.04 Å². The molecule has 1 atom stereocenters. The van der Waals surface area contributed by atoms with Gasteiger partial charge in [-0.1, -0.05) is 61.7 Å². The van der Waals surface area contributed by atoms with E-state index >= 15 is 0 Å². The van der Waals surface area contributed by atoms with Gasteiger partial charge in [0.15, 0.2) is 0 Å². The van der Waals surface area contributed by atoms with Crippen LogP contribution in [0.1, 0.15) is 49.3 Å². The van der Waals surface area contributed by atoms with Crippen LogP contribution in [0.25, 0.3) is 0 Å². The van der Waals surface area contributed by atoms with E-state index in [2.05, 4.69) is 29.6 Å². The minimum atomic E-state index is -0.178. The van der Waals surface area contributed by atoms with Gasteiger partial charge in [-0.05, 0) is 36.1 Å². The summed E-state index contributed by atoms with van der Waals surface area (Å²) >= 11 is 0. The first kappa shape index (κ1) is 14.3. The molecule has 0 heterocycles. The first-order chi connectivity index (χ1) is 10.3. The van der Waals surface area contributed by atoms with E-state index in [1.807, 2.05) is 18.2 Å². The first-order valence-corrected chi connectivity index (χ1v) is 7.89. The third-order valence-corrected chi connectivity index (χ3v) is 4.34. The number of halogens is 1. The zero-order chi connectivity index (χ0) is 14.5. The molecule has 1 fully saturated rings. The van der Waals surface area contributed by atoms with Gasteiger partial charge < -0.3 is 5.32 Å². The number of benzene rings is 2. The van der Waals surface area contributed by atoms with E-state index in [0.717, 1.165) is 5.56 Å². The number of hydrogen-bond acceptors (Lipinski definition) is 1. The molecule has 21 heavy (non-hydrogen) atoms. The maximum atomic E-state index is 13.2. The van der Waals surface area contributed by atoms with Crippen LogP contribution >= 0.6 is 0 Å². The fourth-order valence-corrected chi connectivity index (χ4v) is 3.19. The summed E-state index contributed by atoms with van der Waals surface area (Å²) in [5.74, 6) is -0.178. The van der Waals surface area contributed by atoms with E-state index in [1.54, 1.807) is 12.1 Å². The lowest BCUT2D eigenvalue weighted by Gasteiger charge is -2.29. The van der Waals surface area contributed by atoms with Gasteiger partial charge in [0.25, 0.3) is 0 Å². The van der Waals surface area contributed by atoms with Crippen molar-refractivity contribution in [2.24, 2.45) is 0 Å². The maximum absolute atomic E-state index is 13.2. The molecule has 0 aromatic heterocycles.